The fourth-order valence-electron chi connectivity index (χ4n) is 2.83. The summed E-state index contributed by atoms with van der Waals surface area (Å²) >= 11 is 6.38. The molecule has 1 aromatic carbocycles. The number of benzene rings is 1. The van der Waals surface area contributed by atoms with Crippen LogP contribution in [-0.4, -0.2) is 15.7 Å². The van der Waals surface area contributed by atoms with Crippen molar-refractivity contribution in [3.05, 3.63) is 52.5 Å². The summed E-state index contributed by atoms with van der Waals surface area (Å²) in [5.41, 5.74) is 1.85. The van der Waals surface area contributed by atoms with Gasteiger partial charge in [0, 0.05) is 11.9 Å². The summed E-state index contributed by atoms with van der Waals surface area (Å²) in [7, 11) is 0. The summed E-state index contributed by atoms with van der Waals surface area (Å²) in [5.74, 6) is 0.852. The Bertz CT molecular complexity index is 878. The smallest absolute Gasteiger partial charge is 0.256 e. The first-order valence-electron chi connectivity index (χ1n) is 8.39. The summed E-state index contributed by atoms with van der Waals surface area (Å²) in [6.45, 7) is 8.51. The van der Waals surface area contributed by atoms with E-state index in [4.69, 9.17) is 16.0 Å². The normalized spacial score (nSPS) is 12.7. The standard InChI is InChI=1S/C19H22ClN3O2/c1-11(2)10-23-18(20)17(13(4)22-23)19(24)21-12(3)16-9-14-7-5-6-8-15(14)25-16/h5-9,11-12H,10H2,1-4H3,(H,21,24). The molecule has 0 fully saturated rings. The lowest BCUT2D eigenvalue weighted by Gasteiger charge is -2.11. The van der Waals surface area contributed by atoms with Crippen LogP contribution in [0, 0.1) is 12.8 Å². The molecule has 1 N–H and O–H groups in total. The highest BCUT2D eigenvalue weighted by Crippen LogP contribution is 2.25. The summed E-state index contributed by atoms with van der Waals surface area (Å²) in [6, 6.07) is 9.43. The van der Waals surface area contributed by atoms with Gasteiger partial charge in [0.2, 0.25) is 0 Å². The van der Waals surface area contributed by atoms with Crippen molar-refractivity contribution in [2.24, 2.45) is 5.92 Å². The maximum absolute atomic E-state index is 12.7. The van der Waals surface area contributed by atoms with Gasteiger partial charge in [-0.25, -0.2) is 0 Å². The lowest BCUT2D eigenvalue weighted by Crippen LogP contribution is -2.27. The highest BCUT2D eigenvalue weighted by molar-refractivity contribution is 6.33. The minimum Gasteiger partial charge on any atom is -0.459 e. The number of aryl methyl sites for hydroxylation is 1. The van der Waals surface area contributed by atoms with Crippen LogP contribution in [0.5, 0.6) is 0 Å². The predicted molar refractivity (Wildman–Crippen MR) is 98.9 cm³/mol. The van der Waals surface area contributed by atoms with E-state index in [2.05, 4.69) is 24.3 Å². The molecule has 2 aromatic heterocycles. The summed E-state index contributed by atoms with van der Waals surface area (Å²) < 4.78 is 7.50. The first-order valence-corrected chi connectivity index (χ1v) is 8.77. The monoisotopic (exact) mass is 359 g/mol. The van der Waals surface area contributed by atoms with Crippen LogP contribution in [0.4, 0.5) is 0 Å². The molecule has 0 radical (unpaired) electrons. The van der Waals surface area contributed by atoms with E-state index in [1.54, 1.807) is 11.6 Å². The van der Waals surface area contributed by atoms with Gasteiger partial charge in [0.15, 0.2) is 0 Å². The number of aromatic nitrogens is 2. The van der Waals surface area contributed by atoms with Crippen molar-refractivity contribution in [2.45, 2.75) is 40.3 Å². The average Bonchev–Trinajstić information content (AvgIpc) is 3.08. The van der Waals surface area contributed by atoms with Gasteiger partial charge >= 0.3 is 0 Å². The number of nitrogens with zero attached hydrogens (tertiary/aromatic N) is 2. The number of rotatable bonds is 5. The molecule has 0 aliphatic carbocycles. The molecule has 25 heavy (non-hydrogen) atoms. The fraction of sp³-hybridized carbons (Fsp3) is 0.368. The van der Waals surface area contributed by atoms with E-state index in [1.165, 1.54) is 0 Å². The Morgan fingerprint density at radius 2 is 2.04 bits per heavy atom. The molecule has 2 heterocycles. The van der Waals surface area contributed by atoms with E-state index >= 15 is 0 Å². The number of hydrogen-bond donors (Lipinski definition) is 1. The maximum Gasteiger partial charge on any atom is 0.256 e. The van der Waals surface area contributed by atoms with Gasteiger partial charge in [-0.15, -0.1) is 0 Å². The summed E-state index contributed by atoms with van der Waals surface area (Å²) in [5, 5.41) is 8.73. The Balaban J connectivity index is 1.80. The largest absolute Gasteiger partial charge is 0.459 e. The van der Waals surface area contributed by atoms with Crippen LogP contribution in [0.1, 0.15) is 48.6 Å². The second-order valence-corrected chi connectivity index (χ2v) is 7.07. The Kier molecular flexibility index (Phi) is 4.86. The molecule has 0 bridgehead atoms. The molecule has 1 unspecified atom stereocenters. The van der Waals surface area contributed by atoms with Crippen LogP contribution in [-0.2, 0) is 6.54 Å². The average molecular weight is 360 g/mol. The Hall–Kier alpha value is -2.27. The van der Waals surface area contributed by atoms with Crippen molar-refractivity contribution in [2.75, 3.05) is 0 Å². The zero-order chi connectivity index (χ0) is 18.1. The minimum atomic E-state index is -0.274. The lowest BCUT2D eigenvalue weighted by molar-refractivity contribution is 0.0935. The van der Waals surface area contributed by atoms with E-state index in [-0.39, 0.29) is 11.9 Å². The van der Waals surface area contributed by atoms with Crippen LogP contribution in [0.2, 0.25) is 5.15 Å². The maximum atomic E-state index is 12.7. The Morgan fingerprint density at radius 1 is 1.32 bits per heavy atom. The third-order valence-corrected chi connectivity index (χ3v) is 4.43. The van der Waals surface area contributed by atoms with Crippen LogP contribution in [0.3, 0.4) is 0 Å². The number of halogens is 1. The molecule has 0 aliphatic rings. The Labute approximate surface area is 152 Å². The van der Waals surface area contributed by atoms with E-state index in [0.29, 0.717) is 34.6 Å². The molecule has 1 atom stereocenters. The molecule has 6 heteroatoms. The first-order chi connectivity index (χ1) is 11.9. The van der Waals surface area contributed by atoms with Crippen molar-refractivity contribution in [3.63, 3.8) is 0 Å². The summed E-state index contributed by atoms with van der Waals surface area (Å²) in [6.07, 6.45) is 0. The van der Waals surface area contributed by atoms with Crippen LogP contribution >= 0.6 is 11.6 Å². The Morgan fingerprint density at radius 3 is 2.72 bits per heavy atom. The molecule has 3 aromatic rings. The molecule has 0 aliphatic heterocycles. The van der Waals surface area contributed by atoms with E-state index in [1.807, 2.05) is 37.3 Å². The minimum absolute atomic E-state index is 0.245. The number of hydrogen-bond acceptors (Lipinski definition) is 3. The van der Waals surface area contributed by atoms with Gasteiger partial charge < -0.3 is 9.73 Å². The van der Waals surface area contributed by atoms with E-state index in [0.717, 1.165) is 11.0 Å². The molecule has 5 nitrogen and oxygen atoms in total. The van der Waals surface area contributed by atoms with E-state index < -0.39 is 0 Å². The van der Waals surface area contributed by atoms with Crippen molar-refractivity contribution in [1.29, 1.82) is 0 Å². The predicted octanol–water partition coefficient (Wildman–Crippen LogP) is 4.74. The molecular weight excluding hydrogens is 338 g/mol. The van der Waals surface area contributed by atoms with Gasteiger partial charge in [-0.3, -0.25) is 9.48 Å². The first kappa shape index (κ1) is 17.5. The number of amides is 1. The molecule has 0 spiro atoms. The topological polar surface area (TPSA) is 60.1 Å². The zero-order valence-electron chi connectivity index (χ0n) is 14.8. The van der Waals surface area contributed by atoms with Gasteiger partial charge in [0.05, 0.1) is 17.3 Å². The van der Waals surface area contributed by atoms with Gasteiger partial charge in [0.1, 0.15) is 16.5 Å². The highest BCUT2D eigenvalue weighted by Gasteiger charge is 2.23. The van der Waals surface area contributed by atoms with Crippen molar-refractivity contribution in [3.8, 4) is 0 Å². The third kappa shape index (κ3) is 3.56. The van der Waals surface area contributed by atoms with Crippen LogP contribution in [0.15, 0.2) is 34.7 Å². The van der Waals surface area contributed by atoms with Crippen LogP contribution in [0.25, 0.3) is 11.0 Å². The van der Waals surface area contributed by atoms with Gasteiger partial charge in [-0.1, -0.05) is 43.6 Å². The fourth-order valence-corrected chi connectivity index (χ4v) is 3.16. The van der Waals surface area contributed by atoms with Crippen molar-refractivity contribution in [1.82, 2.24) is 15.1 Å². The van der Waals surface area contributed by atoms with Gasteiger partial charge in [-0.2, -0.15) is 5.10 Å². The second kappa shape index (κ2) is 6.92. The van der Waals surface area contributed by atoms with Gasteiger partial charge in [0.25, 0.3) is 5.91 Å². The molecular formula is C19H22ClN3O2. The number of nitrogens with one attached hydrogen (secondary N) is 1. The zero-order valence-corrected chi connectivity index (χ0v) is 15.6. The number of fused-ring (bicyclic) bond motifs is 1. The molecule has 132 valence electrons. The highest BCUT2D eigenvalue weighted by atomic mass is 35.5. The van der Waals surface area contributed by atoms with Gasteiger partial charge in [-0.05, 0) is 31.9 Å². The second-order valence-electron chi connectivity index (χ2n) is 6.71. The molecule has 0 saturated heterocycles. The van der Waals surface area contributed by atoms with E-state index in [9.17, 15) is 4.79 Å². The third-order valence-electron chi connectivity index (χ3n) is 4.05. The molecule has 3 rings (SSSR count). The summed E-state index contributed by atoms with van der Waals surface area (Å²) in [4.78, 5) is 12.7. The quantitative estimate of drug-likeness (QED) is 0.715. The molecule has 1 amide bonds. The number of furan rings is 1. The van der Waals surface area contributed by atoms with Crippen molar-refractivity contribution < 1.29 is 9.21 Å². The lowest BCUT2D eigenvalue weighted by atomic mass is 10.2. The number of carbonyl (C=O) groups is 1. The SMILES string of the molecule is Cc1nn(CC(C)C)c(Cl)c1C(=O)NC(C)c1cc2ccccc2o1. The molecule has 0 saturated carbocycles. The van der Waals surface area contributed by atoms with Crippen LogP contribution < -0.4 is 5.32 Å². The number of para-hydroxylation sites is 1. The number of carbonyl (C=O) groups excluding carboxylic acids is 1. The van der Waals surface area contributed by atoms with Crippen molar-refractivity contribution >= 4 is 28.5 Å².